The van der Waals surface area contributed by atoms with Gasteiger partial charge in [-0.3, -0.25) is 4.79 Å². The second-order valence-electron chi connectivity index (χ2n) is 4.48. The van der Waals surface area contributed by atoms with Crippen LogP contribution in [0.5, 0.6) is 0 Å². The third-order valence-electron chi connectivity index (χ3n) is 2.59. The molecule has 1 aliphatic heterocycles. The van der Waals surface area contributed by atoms with Crippen LogP contribution in [-0.4, -0.2) is 38.4 Å². The number of ether oxygens (including phenoxy) is 2. The second kappa shape index (κ2) is 8.25. The predicted octanol–water partition coefficient (Wildman–Crippen LogP) is 1.65. The Morgan fingerprint density at radius 2 is 2.12 bits per heavy atom. The van der Waals surface area contributed by atoms with Gasteiger partial charge in [-0.2, -0.15) is 0 Å². The maximum absolute atomic E-state index is 11.1. The highest BCUT2D eigenvalue weighted by atomic mass is 16.6. The fourth-order valence-corrected chi connectivity index (χ4v) is 1.41. The van der Waals surface area contributed by atoms with Crippen LogP contribution in [0.1, 0.15) is 32.6 Å². The molecule has 1 heterocycles. The van der Waals surface area contributed by atoms with Crippen LogP contribution in [0.2, 0.25) is 0 Å². The molecule has 1 fully saturated rings. The van der Waals surface area contributed by atoms with Crippen molar-refractivity contribution in [1.82, 2.24) is 5.32 Å². The molecule has 0 aromatic rings. The molecule has 0 saturated carbocycles. The zero-order valence-electron chi connectivity index (χ0n) is 10.7. The number of nitrogens with one attached hydrogen (secondary N) is 1. The molecule has 1 amide bonds. The van der Waals surface area contributed by atoms with Crippen molar-refractivity contribution >= 4 is 5.91 Å². The first-order valence-electron chi connectivity index (χ1n) is 6.33. The van der Waals surface area contributed by atoms with E-state index in [1.54, 1.807) is 6.92 Å². The van der Waals surface area contributed by atoms with Crippen LogP contribution in [0.3, 0.4) is 0 Å². The van der Waals surface area contributed by atoms with E-state index in [4.69, 9.17) is 9.47 Å². The van der Waals surface area contributed by atoms with Crippen molar-refractivity contribution in [3.8, 4) is 0 Å². The third-order valence-corrected chi connectivity index (χ3v) is 2.59. The fraction of sp³-hybridized carbons (Fsp3) is 0.769. The summed E-state index contributed by atoms with van der Waals surface area (Å²) in [6, 6.07) is 0. The smallest absolute Gasteiger partial charge is 0.246 e. The highest BCUT2D eigenvalue weighted by Gasteiger charge is 2.21. The van der Waals surface area contributed by atoms with Gasteiger partial charge in [0.15, 0.2) is 0 Å². The first-order chi connectivity index (χ1) is 8.20. The van der Waals surface area contributed by atoms with E-state index < -0.39 is 0 Å². The largest absolute Gasteiger partial charge is 0.379 e. The van der Waals surface area contributed by atoms with Gasteiger partial charge in [0.2, 0.25) is 5.91 Å². The molecule has 1 unspecified atom stereocenters. The summed E-state index contributed by atoms with van der Waals surface area (Å²) in [6.45, 7) is 8.47. The Labute approximate surface area is 103 Å². The Kier molecular flexibility index (Phi) is 6.89. The molecule has 98 valence electrons. The van der Waals surface area contributed by atoms with E-state index in [0.717, 1.165) is 52.0 Å². The average molecular weight is 241 g/mol. The summed E-state index contributed by atoms with van der Waals surface area (Å²) in [7, 11) is 0. The van der Waals surface area contributed by atoms with Gasteiger partial charge >= 0.3 is 0 Å². The number of unbranched alkanes of at least 4 members (excludes halogenated alkanes) is 3. The first-order valence-corrected chi connectivity index (χ1v) is 6.33. The number of epoxide rings is 1. The van der Waals surface area contributed by atoms with E-state index in [1.165, 1.54) is 0 Å². The van der Waals surface area contributed by atoms with Crippen LogP contribution in [-0.2, 0) is 14.3 Å². The van der Waals surface area contributed by atoms with Gasteiger partial charge in [-0.25, -0.2) is 0 Å². The van der Waals surface area contributed by atoms with Crippen molar-refractivity contribution in [1.29, 1.82) is 0 Å². The summed E-state index contributed by atoms with van der Waals surface area (Å²) in [6.07, 6.45) is 4.74. The van der Waals surface area contributed by atoms with Crippen molar-refractivity contribution in [2.24, 2.45) is 0 Å². The molecule has 4 heteroatoms. The minimum Gasteiger partial charge on any atom is -0.379 e. The molecule has 0 bridgehead atoms. The standard InChI is InChI=1S/C13H23NO3/c1-11(2)13(15)14-7-5-3-4-6-8-16-9-12-10-17-12/h12H,1,3-10H2,2H3,(H,14,15). The predicted molar refractivity (Wildman–Crippen MR) is 66.9 cm³/mol. The summed E-state index contributed by atoms with van der Waals surface area (Å²) in [5.41, 5.74) is 0.570. The minimum absolute atomic E-state index is 0.0437. The van der Waals surface area contributed by atoms with E-state index in [2.05, 4.69) is 11.9 Å². The molecule has 0 radical (unpaired) electrons. The molecular weight excluding hydrogens is 218 g/mol. The second-order valence-corrected chi connectivity index (χ2v) is 4.48. The number of amides is 1. The maximum atomic E-state index is 11.1. The van der Waals surface area contributed by atoms with Gasteiger partial charge in [-0.05, 0) is 19.8 Å². The molecule has 0 aromatic heterocycles. The van der Waals surface area contributed by atoms with E-state index in [1.807, 2.05) is 0 Å². The monoisotopic (exact) mass is 241 g/mol. The summed E-state index contributed by atoms with van der Waals surface area (Å²) in [4.78, 5) is 11.1. The van der Waals surface area contributed by atoms with Gasteiger partial charge in [-0.15, -0.1) is 0 Å². The van der Waals surface area contributed by atoms with Gasteiger partial charge in [0.1, 0.15) is 6.10 Å². The molecule has 0 spiro atoms. The van der Waals surface area contributed by atoms with Gasteiger partial charge in [0, 0.05) is 18.7 Å². The topological polar surface area (TPSA) is 50.9 Å². The Morgan fingerprint density at radius 3 is 2.76 bits per heavy atom. The van der Waals surface area contributed by atoms with E-state index >= 15 is 0 Å². The van der Waals surface area contributed by atoms with Gasteiger partial charge in [0.25, 0.3) is 0 Å². The van der Waals surface area contributed by atoms with Crippen molar-refractivity contribution in [2.45, 2.75) is 38.7 Å². The molecule has 17 heavy (non-hydrogen) atoms. The molecule has 0 aliphatic carbocycles. The molecule has 1 atom stereocenters. The molecule has 4 nitrogen and oxygen atoms in total. The molecule has 1 rings (SSSR count). The number of carbonyl (C=O) groups is 1. The van der Waals surface area contributed by atoms with Crippen LogP contribution < -0.4 is 5.32 Å². The molecule has 0 aromatic carbocycles. The molecule has 1 N–H and O–H groups in total. The normalized spacial score (nSPS) is 17.8. The fourth-order valence-electron chi connectivity index (χ4n) is 1.41. The minimum atomic E-state index is -0.0437. The van der Waals surface area contributed by atoms with Gasteiger partial charge in [0.05, 0.1) is 13.2 Å². The van der Waals surface area contributed by atoms with E-state index in [9.17, 15) is 4.79 Å². The zero-order chi connectivity index (χ0) is 12.5. The molecule has 1 aliphatic rings. The summed E-state index contributed by atoms with van der Waals surface area (Å²) < 4.78 is 10.5. The summed E-state index contributed by atoms with van der Waals surface area (Å²) in [5.74, 6) is -0.0437. The van der Waals surface area contributed by atoms with E-state index in [0.29, 0.717) is 11.7 Å². The van der Waals surface area contributed by atoms with Crippen LogP contribution in [0.15, 0.2) is 12.2 Å². The summed E-state index contributed by atoms with van der Waals surface area (Å²) in [5, 5.41) is 2.82. The lowest BCUT2D eigenvalue weighted by Gasteiger charge is -2.05. The van der Waals surface area contributed by atoms with Crippen molar-refractivity contribution in [3.05, 3.63) is 12.2 Å². The average Bonchev–Trinajstić information content (AvgIpc) is 3.10. The molecular formula is C13H23NO3. The number of carbonyl (C=O) groups excluding carboxylic acids is 1. The van der Waals surface area contributed by atoms with Crippen LogP contribution >= 0.6 is 0 Å². The van der Waals surface area contributed by atoms with Crippen molar-refractivity contribution in [3.63, 3.8) is 0 Å². The van der Waals surface area contributed by atoms with Gasteiger partial charge in [-0.1, -0.05) is 19.4 Å². The Bertz CT molecular complexity index is 249. The lowest BCUT2D eigenvalue weighted by Crippen LogP contribution is -2.24. The quantitative estimate of drug-likeness (QED) is 0.359. The van der Waals surface area contributed by atoms with Crippen LogP contribution in [0.25, 0.3) is 0 Å². The SMILES string of the molecule is C=C(C)C(=O)NCCCCCCOCC1CO1. The number of hydrogen-bond donors (Lipinski definition) is 1. The van der Waals surface area contributed by atoms with Crippen LogP contribution in [0.4, 0.5) is 0 Å². The number of hydrogen-bond acceptors (Lipinski definition) is 3. The van der Waals surface area contributed by atoms with E-state index in [-0.39, 0.29) is 5.91 Å². The lowest BCUT2D eigenvalue weighted by molar-refractivity contribution is -0.117. The lowest BCUT2D eigenvalue weighted by atomic mass is 10.2. The Morgan fingerprint density at radius 1 is 1.41 bits per heavy atom. The zero-order valence-corrected chi connectivity index (χ0v) is 10.7. The van der Waals surface area contributed by atoms with Crippen molar-refractivity contribution < 1.29 is 14.3 Å². The maximum Gasteiger partial charge on any atom is 0.246 e. The Balaban J connectivity index is 1.74. The summed E-state index contributed by atoms with van der Waals surface area (Å²) >= 11 is 0. The van der Waals surface area contributed by atoms with Gasteiger partial charge < -0.3 is 14.8 Å². The van der Waals surface area contributed by atoms with Crippen LogP contribution in [0, 0.1) is 0 Å². The van der Waals surface area contributed by atoms with Crippen molar-refractivity contribution in [2.75, 3.05) is 26.4 Å². The third kappa shape index (κ3) is 7.94. The highest BCUT2D eigenvalue weighted by Crippen LogP contribution is 2.09. The number of rotatable bonds is 10. The molecule has 1 saturated heterocycles. The first kappa shape index (κ1) is 14.2. The highest BCUT2D eigenvalue weighted by molar-refractivity contribution is 5.91. The Hall–Kier alpha value is -0.870.